The quantitative estimate of drug-likeness (QED) is 0.767. The third kappa shape index (κ3) is 5.76. The van der Waals surface area contributed by atoms with Crippen LogP contribution in [0.3, 0.4) is 0 Å². The molecule has 1 saturated heterocycles. The number of nitrogens with one attached hydrogen (secondary N) is 1. The molecule has 2 unspecified atom stereocenters. The number of likely N-dealkylation sites (tertiary alicyclic amines) is 1. The molecule has 1 fully saturated rings. The van der Waals surface area contributed by atoms with Crippen LogP contribution in [-0.4, -0.2) is 36.2 Å². The SMILES string of the molecule is CC(NCCC1CCN(C(=O)OC(C)(C)C)C1)c1sccc1Br. The van der Waals surface area contributed by atoms with Gasteiger partial charge in [0.1, 0.15) is 5.60 Å². The lowest BCUT2D eigenvalue weighted by molar-refractivity contribution is 0.0287. The maximum atomic E-state index is 12.1. The van der Waals surface area contributed by atoms with Crippen LogP contribution in [0.2, 0.25) is 0 Å². The number of rotatable bonds is 5. The van der Waals surface area contributed by atoms with Crippen LogP contribution in [0.4, 0.5) is 4.79 Å². The van der Waals surface area contributed by atoms with Gasteiger partial charge in [-0.3, -0.25) is 0 Å². The number of nitrogens with zero attached hydrogens (tertiary/aromatic N) is 1. The van der Waals surface area contributed by atoms with Crippen molar-refractivity contribution in [2.45, 2.75) is 52.2 Å². The summed E-state index contributed by atoms with van der Waals surface area (Å²) in [6.45, 7) is 10.5. The summed E-state index contributed by atoms with van der Waals surface area (Å²) in [5.74, 6) is 0.564. The van der Waals surface area contributed by atoms with Crippen LogP contribution in [0.25, 0.3) is 0 Å². The van der Waals surface area contributed by atoms with Gasteiger partial charge < -0.3 is 15.0 Å². The third-order valence-corrected chi connectivity index (χ3v) is 6.03. The van der Waals surface area contributed by atoms with Gasteiger partial charge in [-0.2, -0.15) is 0 Å². The molecule has 2 atom stereocenters. The Morgan fingerprint density at radius 3 is 2.91 bits per heavy atom. The summed E-state index contributed by atoms with van der Waals surface area (Å²) < 4.78 is 6.62. The minimum Gasteiger partial charge on any atom is -0.444 e. The smallest absolute Gasteiger partial charge is 0.410 e. The van der Waals surface area contributed by atoms with Crippen LogP contribution in [0.15, 0.2) is 15.9 Å². The number of carbonyl (C=O) groups is 1. The Morgan fingerprint density at radius 1 is 1.57 bits per heavy atom. The van der Waals surface area contributed by atoms with E-state index in [1.165, 1.54) is 9.35 Å². The topological polar surface area (TPSA) is 41.6 Å². The molecule has 1 amide bonds. The van der Waals surface area contributed by atoms with Crippen molar-refractivity contribution in [1.82, 2.24) is 10.2 Å². The molecule has 1 aliphatic rings. The fourth-order valence-corrected chi connectivity index (χ4v) is 4.52. The molecule has 0 spiro atoms. The number of hydrogen-bond donors (Lipinski definition) is 1. The predicted molar refractivity (Wildman–Crippen MR) is 99.0 cm³/mol. The van der Waals surface area contributed by atoms with Crippen molar-refractivity contribution in [2.75, 3.05) is 19.6 Å². The van der Waals surface area contributed by atoms with E-state index in [1.54, 1.807) is 11.3 Å². The van der Waals surface area contributed by atoms with Crippen molar-refractivity contribution >= 4 is 33.4 Å². The Balaban J connectivity index is 1.70. The molecule has 130 valence electrons. The summed E-state index contributed by atoms with van der Waals surface area (Å²) in [6.07, 6.45) is 1.98. The molecule has 1 N–H and O–H groups in total. The van der Waals surface area contributed by atoms with Crippen LogP contribution in [-0.2, 0) is 4.74 Å². The lowest BCUT2D eigenvalue weighted by Crippen LogP contribution is -2.35. The van der Waals surface area contributed by atoms with Crippen molar-refractivity contribution in [3.63, 3.8) is 0 Å². The second-order valence-electron chi connectivity index (χ2n) is 7.18. The van der Waals surface area contributed by atoms with Gasteiger partial charge in [-0.25, -0.2) is 4.79 Å². The number of amides is 1. The van der Waals surface area contributed by atoms with Crippen LogP contribution < -0.4 is 5.32 Å². The molecule has 0 aromatic carbocycles. The Bertz CT molecular complexity index is 527. The molecule has 4 nitrogen and oxygen atoms in total. The Hall–Kier alpha value is -0.590. The lowest BCUT2D eigenvalue weighted by atomic mass is 10.1. The monoisotopic (exact) mass is 402 g/mol. The van der Waals surface area contributed by atoms with Crippen molar-refractivity contribution in [1.29, 1.82) is 0 Å². The van der Waals surface area contributed by atoms with E-state index in [-0.39, 0.29) is 6.09 Å². The van der Waals surface area contributed by atoms with Gasteiger partial charge in [0, 0.05) is 28.5 Å². The normalized spacial score (nSPS) is 19.9. The Morgan fingerprint density at radius 2 is 2.30 bits per heavy atom. The van der Waals surface area contributed by atoms with Gasteiger partial charge in [0.2, 0.25) is 0 Å². The van der Waals surface area contributed by atoms with Crippen LogP contribution in [0.1, 0.15) is 51.5 Å². The second-order valence-corrected chi connectivity index (χ2v) is 8.98. The highest BCUT2D eigenvalue weighted by atomic mass is 79.9. The standard InChI is InChI=1S/C17H27BrN2O2S/c1-12(15-14(18)7-10-23-15)19-8-5-13-6-9-20(11-13)16(21)22-17(2,3)4/h7,10,12-13,19H,5-6,8-9,11H2,1-4H3. The molecule has 1 aromatic heterocycles. The second kappa shape index (κ2) is 7.99. The van der Waals surface area contributed by atoms with Crippen LogP contribution in [0.5, 0.6) is 0 Å². The molecule has 0 bridgehead atoms. The molecular formula is C17H27BrN2O2S. The zero-order valence-electron chi connectivity index (χ0n) is 14.4. The fourth-order valence-electron chi connectivity index (χ4n) is 2.77. The van der Waals surface area contributed by atoms with E-state index in [0.717, 1.165) is 32.5 Å². The van der Waals surface area contributed by atoms with E-state index in [9.17, 15) is 4.79 Å². The van der Waals surface area contributed by atoms with Gasteiger partial charge in [-0.05, 0) is 80.4 Å². The molecule has 0 aliphatic carbocycles. The first-order valence-electron chi connectivity index (χ1n) is 8.20. The van der Waals surface area contributed by atoms with E-state index in [0.29, 0.717) is 12.0 Å². The number of carbonyl (C=O) groups excluding carboxylic acids is 1. The maximum Gasteiger partial charge on any atom is 0.410 e. The van der Waals surface area contributed by atoms with Crippen molar-refractivity contribution in [2.24, 2.45) is 5.92 Å². The van der Waals surface area contributed by atoms with Gasteiger partial charge in [0.15, 0.2) is 0 Å². The predicted octanol–water partition coefficient (Wildman–Crippen LogP) is 4.81. The molecule has 1 aromatic rings. The van der Waals surface area contributed by atoms with Crippen LogP contribution in [0, 0.1) is 5.92 Å². The first-order valence-corrected chi connectivity index (χ1v) is 9.87. The van der Waals surface area contributed by atoms with E-state index < -0.39 is 5.60 Å². The fraction of sp³-hybridized carbons (Fsp3) is 0.706. The average Bonchev–Trinajstić information content (AvgIpc) is 3.05. The molecule has 6 heteroatoms. The number of halogens is 1. The third-order valence-electron chi connectivity index (χ3n) is 3.98. The van der Waals surface area contributed by atoms with E-state index in [4.69, 9.17) is 4.74 Å². The Labute approximate surface area is 151 Å². The summed E-state index contributed by atoms with van der Waals surface area (Å²) in [5, 5.41) is 5.69. The minimum atomic E-state index is -0.416. The van der Waals surface area contributed by atoms with Gasteiger partial charge in [-0.15, -0.1) is 11.3 Å². The highest BCUT2D eigenvalue weighted by Gasteiger charge is 2.29. The van der Waals surface area contributed by atoms with Crippen molar-refractivity contribution in [3.8, 4) is 0 Å². The van der Waals surface area contributed by atoms with E-state index in [2.05, 4.69) is 39.6 Å². The summed E-state index contributed by atoms with van der Waals surface area (Å²) in [7, 11) is 0. The van der Waals surface area contributed by atoms with E-state index in [1.807, 2.05) is 25.7 Å². The van der Waals surface area contributed by atoms with Gasteiger partial charge in [0.05, 0.1) is 0 Å². The van der Waals surface area contributed by atoms with Crippen molar-refractivity contribution in [3.05, 3.63) is 20.8 Å². The molecule has 0 saturated carbocycles. The largest absolute Gasteiger partial charge is 0.444 e. The maximum absolute atomic E-state index is 12.1. The average molecular weight is 403 g/mol. The zero-order chi connectivity index (χ0) is 17.0. The highest BCUT2D eigenvalue weighted by Crippen LogP contribution is 2.29. The molecule has 1 aliphatic heterocycles. The number of ether oxygens (including phenoxy) is 1. The molecule has 2 rings (SSSR count). The molecular weight excluding hydrogens is 376 g/mol. The molecule has 23 heavy (non-hydrogen) atoms. The first kappa shape index (κ1) is 18.7. The number of thiophene rings is 1. The van der Waals surface area contributed by atoms with Gasteiger partial charge in [-0.1, -0.05) is 0 Å². The van der Waals surface area contributed by atoms with Crippen LogP contribution >= 0.6 is 27.3 Å². The van der Waals surface area contributed by atoms with Gasteiger partial charge >= 0.3 is 6.09 Å². The summed E-state index contributed by atoms with van der Waals surface area (Å²) in [4.78, 5) is 15.2. The van der Waals surface area contributed by atoms with Gasteiger partial charge in [0.25, 0.3) is 0 Å². The number of hydrogen-bond acceptors (Lipinski definition) is 4. The first-order chi connectivity index (χ1) is 10.8. The minimum absolute atomic E-state index is 0.177. The summed E-state index contributed by atoms with van der Waals surface area (Å²) in [5.41, 5.74) is -0.416. The molecule has 2 heterocycles. The Kier molecular flexibility index (Phi) is 6.51. The summed E-state index contributed by atoms with van der Waals surface area (Å²) in [6, 6.07) is 2.45. The molecule has 0 radical (unpaired) electrons. The lowest BCUT2D eigenvalue weighted by Gasteiger charge is -2.24. The summed E-state index contributed by atoms with van der Waals surface area (Å²) >= 11 is 5.36. The van der Waals surface area contributed by atoms with Crippen molar-refractivity contribution < 1.29 is 9.53 Å². The highest BCUT2D eigenvalue weighted by molar-refractivity contribution is 9.10. The zero-order valence-corrected chi connectivity index (χ0v) is 16.8. The van der Waals surface area contributed by atoms with E-state index >= 15 is 0 Å².